The smallest absolute Gasteiger partial charge is 0.870 e. The van der Waals surface area contributed by atoms with E-state index in [1.54, 1.807) is 0 Å². The Kier molecular flexibility index (Phi) is 661. The van der Waals surface area contributed by atoms with Crippen LogP contribution in [0.3, 0.4) is 0 Å². The molecule has 0 spiro atoms. The predicted octanol–water partition coefficient (Wildman–Crippen LogP) is -0.359. The number of rotatable bonds is 0. The van der Waals surface area contributed by atoms with Gasteiger partial charge in [0.05, 0.1) is 0 Å². The van der Waals surface area contributed by atoms with Gasteiger partial charge in [0, 0.05) is 16.5 Å². The minimum atomic E-state index is 0. The van der Waals surface area contributed by atoms with E-state index >= 15 is 0 Å². The summed E-state index contributed by atoms with van der Waals surface area (Å²) in [5.74, 6) is 0. The molecule has 4 heavy (non-hydrogen) atoms. The van der Waals surface area contributed by atoms with E-state index in [0.29, 0.717) is 0 Å². The Balaban J connectivity index is 0. The summed E-state index contributed by atoms with van der Waals surface area (Å²) in [4.78, 5) is 0. The summed E-state index contributed by atoms with van der Waals surface area (Å²) >= 11 is 0. The molecule has 0 atom stereocenters. The maximum absolute atomic E-state index is 0. The van der Waals surface area contributed by atoms with Crippen LogP contribution in [0, 0.1) is 0 Å². The maximum Gasteiger partial charge on any atom is 2.00 e. The van der Waals surface area contributed by atoms with Crippen molar-refractivity contribution in [3.63, 3.8) is 0 Å². The standard InChI is InChI=1S/Ni.2H2O.Zn/h;2*1H2;/q;;;+2/p-2. The fourth-order valence-electron chi connectivity index (χ4n) is 0. The first-order chi connectivity index (χ1) is 0. The molecule has 0 heterocycles. The third kappa shape index (κ3) is 11.7. The van der Waals surface area contributed by atoms with Crippen molar-refractivity contribution in [3.05, 3.63) is 0 Å². The van der Waals surface area contributed by atoms with Gasteiger partial charge in [0.15, 0.2) is 0 Å². The van der Waals surface area contributed by atoms with E-state index in [-0.39, 0.29) is 46.9 Å². The van der Waals surface area contributed by atoms with Gasteiger partial charge in [-0.25, -0.2) is 0 Å². The molecular weight excluding hydrogens is 156 g/mol. The van der Waals surface area contributed by atoms with Crippen molar-refractivity contribution < 1.29 is 46.9 Å². The molecule has 0 aromatic heterocycles. The van der Waals surface area contributed by atoms with E-state index < -0.39 is 0 Å². The average Bonchev–Trinajstić information content (AvgIpc) is 0. The zero-order chi connectivity index (χ0) is 0. The first-order valence-electron chi connectivity index (χ1n) is 0. The van der Waals surface area contributed by atoms with Gasteiger partial charge in [-0.1, -0.05) is 0 Å². The molecule has 0 radical (unpaired) electrons. The molecule has 0 unspecified atom stereocenters. The van der Waals surface area contributed by atoms with Crippen molar-refractivity contribution in [2.45, 2.75) is 0 Å². The van der Waals surface area contributed by atoms with Crippen LogP contribution in [0.5, 0.6) is 0 Å². The molecule has 2 N–H and O–H groups in total. The topological polar surface area (TPSA) is 60.0 Å². The quantitative estimate of drug-likeness (QED) is 0.452. The van der Waals surface area contributed by atoms with E-state index in [0.717, 1.165) is 0 Å². The second-order valence-corrected chi connectivity index (χ2v) is 0. The van der Waals surface area contributed by atoms with Crippen LogP contribution >= 0.6 is 0 Å². The molecule has 0 aromatic rings. The third-order valence-corrected chi connectivity index (χ3v) is 0. The van der Waals surface area contributed by atoms with Gasteiger partial charge in [0.25, 0.3) is 0 Å². The molecule has 26 valence electrons. The monoisotopic (exact) mass is 156 g/mol. The Labute approximate surface area is 47.3 Å². The van der Waals surface area contributed by atoms with Gasteiger partial charge in [-0.2, -0.15) is 0 Å². The van der Waals surface area contributed by atoms with Crippen LogP contribution in [-0.2, 0) is 36.0 Å². The van der Waals surface area contributed by atoms with Crippen molar-refractivity contribution >= 4 is 0 Å². The second-order valence-electron chi connectivity index (χ2n) is 0. The molecule has 0 aliphatic rings. The molecule has 0 rings (SSSR count). The van der Waals surface area contributed by atoms with Gasteiger partial charge in [-0.05, 0) is 0 Å². The summed E-state index contributed by atoms with van der Waals surface area (Å²) in [6.07, 6.45) is 0. The third-order valence-electron chi connectivity index (χ3n) is 0. The summed E-state index contributed by atoms with van der Waals surface area (Å²) < 4.78 is 0. The van der Waals surface area contributed by atoms with Gasteiger partial charge in [0.1, 0.15) is 0 Å². The Bertz CT molecular complexity index is 6.00. The molecular formula is H2NiO2Zn. The molecule has 4 heteroatoms. The number of hydrogen-bond acceptors (Lipinski definition) is 2. The van der Waals surface area contributed by atoms with Crippen molar-refractivity contribution in [2.24, 2.45) is 0 Å². The molecule has 0 aliphatic heterocycles. The summed E-state index contributed by atoms with van der Waals surface area (Å²) in [6.45, 7) is 0. The summed E-state index contributed by atoms with van der Waals surface area (Å²) in [5.41, 5.74) is 0. The van der Waals surface area contributed by atoms with Gasteiger partial charge in [-0.15, -0.1) is 0 Å². The zero-order valence-corrected chi connectivity index (χ0v) is 5.87. The SMILES string of the molecule is [Ni].[OH-].[OH-].[Zn+2]. The second kappa shape index (κ2) is 34.6. The van der Waals surface area contributed by atoms with Crippen LogP contribution < -0.4 is 0 Å². The van der Waals surface area contributed by atoms with Gasteiger partial charge < -0.3 is 11.0 Å². The van der Waals surface area contributed by atoms with Crippen molar-refractivity contribution in [1.29, 1.82) is 0 Å². The van der Waals surface area contributed by atoms with E-state index in [9.17, 15) is 0 Å². The van der Waals surface area contributed by atoms with Crippen molar-refractivity contribution in [1.82, 2.24) is 0 Å². The van der Waals surface area contributed by atoms with Gasteiger partial charge in [-0.3, -0.25) is 0 Å². The van der Waals surface area contributed by atoms with Crippen LogP contribution in [0.2, 0.25) is 0 Å². The average molecular weight is 158 g/mol. The first-order valence-corrected chi connectivity index (χ1v) is 0. The van der Waals surface area contributed by atoms with Crippen LogP contribution in [-0.4, -0.2) is 11.0 Å². The molecule has 0 aliphatic carbocycles. The van der Waals surface area contributed by atoms with E-state index in [1.165, 1.54) is 0 Å². The minimum absolute atomic E-state index is 0. The molecule has 0 fully saturated rings. The number of hydrogen-bond donors (Lipinski definition) is 0. The largest absolute Gasteiger partial charge is 2.00 e. The van der Waals surface area contributed by atoms with Crippen molar-refractivity contribution in [2.75, 3.05) is 0 Å². The van der Waals surface area contributed by atoms with E-state index in [2.05, 4.69) is 0 Å². The van der Waals surface area contributed by atoms with Crippen LogP contribution in [0.15, 0.2) is 0 Å². The van der Waals surface area contributed by atoms with Gasteiger partial charge >= 0.3 is 19.5 Å². The molecule has 0 saturated heterocycles. The Morgan fingerprint density at radius 2 is 0.750 bits per heavy atom. The van der Waals surface area contributed by atoms with Gasteiger partial charge in [0.2, 0.25) is 0 Å². The van der Waals surface area contributed by atoms with Crippen molar-refractivity contribution in [3.8, 4) is 0 Å². The van der Waals surface area contributed by atoms with E-state index in [4.69, 9.17) is 0 Å². The zero-order valence-electron chi connectivity index (χ0n) is 1.92. The molecule has 0 saturated carbocycles. The summed E-state index contributed by atoms with van der Waals surface area (Å²) in [6, 6.07) is 0. The summed E-state index contributed by atoms with van der Waals surface area (Å²) in [5, 5.41) is 0. The summed E-state index contributed by atoms with van der Waals surface area (Å²) in [7, 11) is 0. The Morgan fingerprint density at radius 3 is 0.750 bits per heavy atom. The van der Waals surface area contributed by atoms with Crippen LogP contribution in [0.1, 0.15) is 0 Å². The predicted molar refractivity (Wildman–Crippen MR) is 3.87 cm³/mol. The molecule has 0 amide bonds. The molecule has 0 aromatic carbocycles. The minimum Gasteiger partial charge on any atom is -0.870 e. The fraction of sp³-hybridized carbons (Fsp3) is 0. The van der Waals surface area contributed by atoms with E-state index in [1.807, 2.05) is 0 Å². The Morgan fingerprint density at radius 1 is 0.750 bits per heavy atom. The Hall–Kier alpha value is 1.04. The van der Waals surface area contributed by atoms with Crippen LogP contribution in [0.4, 0.5) is 0 Å². The normalized spacial score (nSPS) is 0. The molecule has 2 nitrogen and oxygen atoms in total. The van der Waals surface area contributed by atoms with Crippen LogP contribution in [0.25, 0.3) is 0 Å². The molecule has 0 bridgehead atoms. The maximum atomic E-state index is 0. The fourth-order valence-corrected chi connectivity index (χ4v) is 0. The first kappa shape index (κ1) is 76.3.